The van der Waals surface area contributed by atoms with Crippen molar-refractivity contribution in [2.24, 2.45) is 11.3 Å². The van der Waals surface area contributed by atoms with Crippen LogP contribution in [-0.2, 0) is 9.53 Å². The largest absolute Gasteiger partial charge is 0.369 e. The van der Waals surface area contributed by atoms with Gasteiger partial charge in [0.2, 0.25) is 0 Å². The first-order valence-corrected chi connectivity index (χ1v) is 7.41. The minimum atomic E-state index is -0.305. The third-order valence-corrected chi connectivity index (χ3v) is 4.94. The molecule has 1 heterocycles. The third-order valence-electron chi connectivity index (χ3n) is 4.94. The van der Waals surface area contributed by atoms with E-state index in [1.165, 1.54) is 19.3 Å². The van der Waals surface area contributed by atoms with Crippen LogP contribution in [0.3, 0.4) is 0 Å². The van der Waals surface area contributed by atoms with Gasteiger partial charge in [-0.1, -0.05) is 26.2 Å². The van der Waals surface area contributed by atoms with Gasteiger partial charge in [0.25, 0.3) is 0 Å². The molecule has 0 bridgehead atoms. The molecule has 0 aromatic carbocycles. The molecule has 0 spiro atoms. The number of carbonyl (C=O) groups excluding carboxylic acids is 1. The first-order valence-electron chi connectivity index (χ1n) is 7.41. The average Bonchev–Trinajstić information content (AvgIpc) is 2.46. The van der Waals surface area contributed by atoms with Crippen molar-refractivity contribution in [3.8, 4) is 0 Å². The highest BCUT2D eigenvalue weighted by atomic mass is 16.5. The van der Waals surface area contributed by atoms with Crippen LogP contribution in [0.4, 0.5) is 0 Å². The summed E-state index contributed by atoms with van der Waals surface area (Å²) < 4.78 is 6.08. The van der Waals surface area contributed by atoms with Crippen LogP contribution in [0, 0.1) is 11.3 Å². The van der Waals surface area contributed by atoms with Crippen LogP contribution in [-0.4, -0.2) is 17.0 Å². The summed E-state index contributed by atoms with van der Waals surface area (Å²) in [5, 5.41) is 0. The zero-order valence-electron chi connectivity index (χ0n) is 12.6. The number of Topliss-reactive ketones (excluding diaryl/α,β-unsaturated/α-hetero) is 1. The van der Waals surface area contributed by atoms with Crippen molar-refractivity contribution in [2.45, 2.75) is 84.3 Å². The van der Waals surface area contributed by atoms with Gasteiger partial charge in [-0.3, -0.25) is 4.79 Å². The maximum Gasteiger partial charge on any atom is 0.144 e. The lowest BCUT2D eigenvalue weighted by molar-refractivity contribution is -0.140. The SMILES string of the molecule is CC1(C)CC(C(=O)C2(C)CCCCC2)C(C)(C)O1. The summed E-state index contributed by atoms with van der Waals surface area (Å²) in [5.41, 5.74) is -0.556. The van der Waals surface area contributed by atoms with Crippen molar-refractivity contribution in [1.82, 2.24) is 0 Å². The first-order chi connectivity index (χ1) is 8.16. The number of rotatable bonds is 2. The Morgan fingerprint density at radius 3 is 2.00 bits per heavy atom. The monoisotopic (exact) mass is 252 g/mol. The molecular weight excluding hydrogens is 224 g/mol. The van der Waals surface area contributed by atoms with Gasteiger partial charge in [-0.05, 0) is 47.0 Å². The molecule has 1 unspecified atom stereocenters. The number of ether oxygens (including phenoxy) is 1. The van der Waals surface area contributed by atoms with Crippen LogP contribution in [0.2, 0.25) is 0 Å². The topological polar surface area (TPSA) is 26.3 Å². The molecule has 1 aliphatic heterocycles. The van der Waals surface area contributed by atoms with Crippen LogP contribution in [0.15, 0.2) is 0 Å². The van der Waals surface area contributed by atoms with Gasteiger partial charge in [-0.2, -0.15) is 0 Å². The molecule has 1 saturated heterocycles. The third kappa shape index (κ3) is 2.49. The Morgan fingerprint density at radius 2 is 1.56 bits per heavy atom. The van der Waals surface area contributed by atoms with Crippen molar-refractivity contribution in [3.63, 3.8) is 0 Å². The lowest BCUT2D eigenvalue weighted by Gasteiger charge is -2.37. The molecule has 2 aliphatic rings. The smallest absolute Gasteiger partial charge is 0.144 e. The van der Waals surface area contributed by atoms with Crippen LogP contribution in [0.25, 0.3) is 0 Å². The molecule has 0 amide bonds. The molecule has 0 aromatic rings. The predicted octanol–water partition coefficient (Wildman–Crippen LogP) is 4.12. The average molecular weight is 252 g/mol. The quantitative estimate of drug-likeness (QED) is 0.739. The highest BCUT2D eigenvalue weighted by Crippen LogP contribution is 2.48. The summed E-state index contributed by atoms with van der Waals surface area (Å²) in [4.78, 5) is 12.9. The molecule has 18 heavy (non-hydrogen) atoms. The molecule has 1 saturated carbocycles. The summed E-state index contributed by atoms with van der Waals surface area (Å²) in [6.45, 7) is 10.5. The van der Waals surface area contributed by atoms with Crippen molar-refractivity contribution >= 4 is 5.78 Å². The molecule has 2 rings (SSSR count). The summed E-state index contributed by atoms with van der Waals surface area (Å²) in [6, 6.07) is 0. The number of ketones is 1. The Labute approximate surface area is 111 Å². The predicted molar refractivity (Wildman–Crippen MR) is 73.5 cm³/mol. The summed E-state index contributed by atoms with van der Waals surface area (Å²) >= 11 is 0. The normalized spacial score (nSPS) is 33.3. The van der Waals surface area contributed by atoms with Gasteiger partial charge >= 0.3 is 0 Å². The fourth-order valence-electron chi connectivity index (χ4n) is 3.97. The van der Waals surface area contributed by atoms with Gasteiger partial charge in [-0.15, -0.1) is 0 Å². The molecular formula is C16H28O2. The maximum atomic E-state index is 12.9. The highest BCUT2D eigenvalue weighted by Gasteiger charge is 2.52. The first kappa shape index (κ1) is 14.0. The molecule has 0 N–H and O–H groups in total. The second-order valence-electron chi connectivity index (χ2n) is 7.71. The fourth-order valence-corrected chi connectivity index (χ4v) is 3.97. The van der Waals surface area contributed by atoms with E-state index < -0.39 is 0 Å². The van der Waals surface area contributed by atoms with Crippen molar-refractivity contribution < 1.29 is 9.53 Å². The maximum absolute atomic E-state index is 12.9. The zero-order valence-corrected chi connectivity index (χ0v) is 12.6. The Balaban J connectivity index is 2.18. The van der Waals surface area contributed by atoms with E-state index in [2.05, 4.69) is 34.6 Å². The Kier molecular flexibility index (Phi) is 3.38. The molecule has 2 heteroatoms. The van der Waals surface area contributed by atoms with Gasteiger partial charge in [0, 0.05) is 11.3 Å². The second-order valence-corrected chi connectivity index (χ2v) is 7.71. The summed E-state index contributed by atoms with van der Waals surface area (Å²) in [5.74, 6) is 0.522. The molecule has 1 atom stereocenters. The van der Waals surface area contributed by atoms with E-state index in [4.69, 9.17) is 4.74 Å². The van der Waals surface area contributed by atoms with Crippen LogP contribution >= 0.6 is 0 Å². The van der Waals surface area contributed by atoms with Crippen LogP contribution < -0.4 is 0 Å². The summed E-state index contributed by atoms with van der Waals surface area (Å²) in [6.07, 6.45) is 6.71. The van der Waals surface area contributed by atoms with Crippen molar-refractivity contribution in [1.29, 1.82) is 0 Å². The Morgan fingerprint density at radius 1 is 1.00 bits per heavy atom. The van der Waals surface area contributed by atoms with E-state index in [1.54, 1.807) is 0 Å². The number of carbonyl (C=O) groups is 1. The molecule has 2 fully saturated rings. The summed E-state index contributed by atoms with van der Waals surface area (Å²) in [7, 11) is 0. The highest BCUT2D eigenvalue weighted by molar-refractivity contribution is 5.88. The minimum Gasteiger partial charge on any atom is -0.369 e. The fraction of sp³-hybridized carbons (Fsp3) is 0.938. The van der Waals surface area contributed by atoms with E-state index in [0.29, 0.717) is 5.78 Å². The van der Waals surface area contributed by atoms with Gasteiger partial charge in [-0.25, -0.2) is 0 Å². The Bertz CT molecular complexity index is 335. The second kappa shape index (κ2) is 4.33. The van der Waals surface area contributed by atoms with Gasteiger partial charge in [0.1, 0.15) is 5.78 Å². The lowest BCUT2D eigenvalue weighted by atomic mass is 9.66. The van der Waals surface area contributed by atoms with E-state index >= 15 is 0 Å². The number of hydrogen-bond donors (Lipinski definition) is 0. The van der Waals surface area contributed by atoms with E-state index in [1.807, 2.05) is 0 Å². The van der Waals surface area contributed by atoms with Gasteiger partial charge in [0.15, 0.2) is 0 Å². The van der Waals surface area contributed by atoms with E-state index in [0.717, 1.165) is 19.3 Å². The molecule has 0 radical (unpaired) electrons. The minimum absolute atomic E-state index is 0.0654. The lowest BCUT2D eigenvalue weighted by Crippen LogP contribution is -2.42. The zero-order chi connectivity index (χ0) is 13.6. The molecule has 1 aliphatic carbocycles. The van der Waals surface area contributed by atoms with Crippen LogP contribution in [0.5, 0.6) is 0 Å². The van der Waals surface area contributed by atoms with E-state index in [-0.39, 0.29) is 22.5 Å². The van der Waals surface area contributed by atoms with Crippen molar-refractivity contribution in [2.75, 3.05) is 0 Å². The van der Waals surface area contributed by atoms with Gasteiger partial charge < -0.3 is 4.74 Å². The molecule has 2 nitrogen and oxygen atoms in total. The Hall–Kier alpha value is -0.370. The van der Waals surface area contributed by atoms with Gasteiger partial charge in [0.05, 0.1) is 11.2 Å². The van der Waals surface area contributed by atoms with Crippen molar-refractivity contribution in [3.05, 3.63) is 0 Å². The molecule has 104 valence electrons. The van der Waals surface area contributed by atoms with E-state index in [9.17, 15) is 4.79 Å². The number of hydrogen-bond acceptors (Lipinski definition) is 2. The molecule has 0 aromatic heterocycles. The standard InChI is InChI=1S/C16H28O2/c1-14(2)11-12(15(3,4)18-14)13(17)16(5)9-7-6-8-10-16/h12H,6-11H2,1-5H3. The van der Waals surface area contributed by atoms with Crippen LogP contribution in [0.1, 0.15) is 73.1 Å².